The van der Waals surface area contributed by atoms with E-state index in [1.165, 1.54) is 0 Å². The van der Waals surface area contributed by atoms with Crippen LogP contribution in [0.25, 0.3) is 11.4 Å². The van der Waals surface area contributed by atoms with E-state index in [1.807, 2.05) is 19.1 Å². The summed E-state index contributed by atoms with van der Waals surface area (Å²) in [6.45, 7) is 1.93. The summed E-state index contributed by atoms with van der Waals surface area (Å²) in [5.41, 5.74) is 1.75. The van der Waals surface area contributed by atoms with Crippen molar-refractivity contribution in [3.63, 3.8) is 0 Å². The Morgan fingerprint density at radius 1 is 1.35 bits per heavy atom. The molecular formula is C15H14N4O4. The van der Waals surface area contributed by atoms with E-state index >= 15 is 0 Å². The highest BCUT2D eigenvalue weighted by molar-refractivity contribution is 5.86. The molecule has 2 unspecified atom stereocenters. The molecule has 0 aliphatic heterocycles. The standard InChI is InChI=1S/C15H14N4O4/c1-8-3-5-9(6-4-8)12-17-13(19-18-12)11(14(20)21)10(7-16)15(22)23-2/h3-6,10-11H,1-2H3,(H,20,21)(H,17,18,19). The maximum absolute atomic E-state index is 11.6. The lowest BCUT2D eigenvalue weighted by Gasteiger charge is -2.13. The minimum absolute atomic E-state index is 0.0787. The number of nitrogens with one attached hydrogen (secondary N) is 1. The van der Waals surface area contributed by atoms with Crippen molar-refractivity contribution in [3.8, 4) is 17.5 Å². The third-order valence-electron chi connectivity index (χ3n) is 3.30. The minimum atomic E-state index is -1.52. The van der Waals surface area contributed by atoms with Gasteiger partial charge in [-0.1, -0.05) is 29.8 Å². The summed E-state index contributed by atoms with van der Waals surface area (Å²) >= 11 is 0. The van der Waals surface area contributed by atoms with Crippen LogP contribution >= 0.6 is 0 Å². The van der Waals surface area contributed by atoms with Crippen LogP contribution in [0.15, 0.2) is 24.3 Å². The van der Waals surface area contributed by atoms with E-state index in [9.17, 15) is 14.7 Å². The van der Waals surface area contributed by atoms with Crippen molar-refractivity contribution in [1.29, 1.82) is 5.26 Å². The molecule has 1 aromatic carbocycles. The molecule has 0 fully saturated rings. The number of aromatic nitrogens is 3. The third-order valence-corrected chi connectivity index (χ3v) is 3.30. The molecule has 0 amide bonds. The van der Waals surface area contributed by atoms with Gasteiger partial charge in [0.25, 0.3) is 0 Å². The quantitative estimate of drug-likeness (QED) is 0.795. The molecule has 2 aromatic rings. The number of carbonyl (C=O) groups excluding carboxylic acids is 1. The molecule has 1 heterocycles. The smallest absolute Gasteiger partial charge is 0.324 e. The van der Waals surface area contributed by atoms with E-state index in [4.69, 9.17) is 5.26 Å². The first-order valence-corrected chi connectivity index (χ1v) is 6.67. The summed E-state index contributed by atoms with van der Waals surface area (Å²) in [5.74, 6) is -5.10. The van der Waals surface area contributed by atoms with Crippen molar-refractivity contribution in [2.75, 3.05) is 7.11 Å². The fourth-order valence-electron chi connectivity index (χ4n) is 2.05. The molecule has 0 saturated carbocycles. The number of hydrogen-bond donors (Lipinski definition) is 2. The van der Waals surface area contributed by atoms with E-state index in [-0.39, 0.29) is 11.6 Å². The van der Waals surface area contributed by atoms with Gasteiger partial charge in [-0.2, -0.15) is 10.4 Å². The van der Waals surface area contributed by atoms with Crippen LogP contribution in [0.1, 0.15) is 17.3 Å². The number of H-pyrrole nitrogens is 1. The van der Waals surface area contributed by atoms with E-state index in [0.717, 1.165) is 12.7 Å². The van der Waals surface area contributed by atoms with Crippen LogP contribution in [0, 0.1) is 24.2 Å². The van der Waals surface area contributed by atoms with Crippen LogP contribution in [0.3, 0.4) is 0 Å². The number of rotatable bonds is 5. The van der Waals surface area contributed by atoms with Crippen molar-refractivity contribution in [3.05, 3.63) is 35.7 Å². The van der Waals surface area contributed by atoms with Crippen LogP contribution in [0.2, 0.25) is 0 Å². The topological polar surface area (TPSA) is 129 Å². The first-order valence-electron chi connectivity index (χ1n) is 6.67. The highest BCUT2D eigenvalue weighted by Gasteiger charge is 2.38. The first kappa shape index (κ1) is 16.2. The van der Waals surface area contributed by atoms with Crippen molar-refractivity contribution >= 4 is 11.9 Å². The Kier molecular flexibility index (Phi) is 4.71. The maximum atomic E-state index is 11.6. The van der Waals surface area contributed by atoms with Gasteiger partial charge in [0.1, 0.15) is 11.7 Å². The van der Waals surface area contributed by atoms with Gasteiger partial charge in [0, 0.05) is 5.56 Å². The highest BCUT2D eigenvalue weighted by atomic mass is 16.5. The Bertz CT molecular complexity index is 761. The minimum Gasteiger partial charge on any atom is -0.481 e. The number of carbonyl (C=O) groups is 2. The van der Waals surface area contributed by atoms with Crippen LogP contribution in [0.5, 0.6) is 0 Å². The molecule has 0 radical (unpaired) electrons. The third kappa shape index (κ3) is 3.35. The van der Waals surface area contributed by atoms with E-state index in [1.54, 1.807) is 18.2 Å². The second kappa shape index (κ2) is 6.70. The number of ether oxygens (including phenoxy) is 1. The zero-order chi connectivity index (χ0) is 17.0. The number of esters is 1. The van der Waals surface area contributed by atoms with Gasteiger partial charge in [-0.3, -0.25) is 14.7 Å². The van der Waals surface area contributed by atoms with Gasteiger partial charge in [-0.05, 0) is 6.92 Å². The van der Waals surface area contributed by atoms with Gasteiger partial charge in [0.05, 0.1) is 13.2 Å². The normalized spacial score (nSPS) is 12.9. The van der Waals surface area contributed by atoms with Crippen LogP contribution in [0.4, 0.5) is 0 Å². The van der Waals surface area contributed by atoms with Crippen molar-refractivity contribution in [2.24, 2.45) is 5.92 Å². The summed E-state index contributed by atoms with van der Waals surface area (Å²) < 4.78 is 4.47. The maximum Gasteiger partial charge on any atom is 0.324 e. The van der Waals surface area contributed by atoms with Crippen molar-refractivity contribution in [1.82, 2.24) is 15.2 Å². The molecular weight excluding hydrogens is 300 g/mol. The van der Waals surface area contributed by atoms with Crippen molar-refractivity contribution in [2.45, 2.75) is 12.8 Å². The van der Waals surface area contributed by atoms with Gasteiger partial charge in [0.2, 0.25) is 0 Å². The molecule has 118 valence electrons. The zero-order valence-electron chi connectivity index (χ0n) is 12.5. The lowest BCUT2D eigenvalue weighted by molar-refractivity contribution is -0.150. The molecule has 2 N–H and O–H groups in total. The summed E-state index contributed by atoms with van der Waals surface area (Å²) in [7, 11) is 1.09. The Morgan fingerprint density at radius 3 is 2.52 bits per heavy atom. The van der Waals surface area contributed by atoms with E-state index in [0.29, 0.717) is 5.56 Å². The van der Waals surface area contributed by atoms with Gasteiger partial charge in [-0.25, -0.2) is 4.98 Å². The summed E-state index contributed by atoms with van der Waals surface area (Å²) in [5, 5.41) is 24.9. The van der Waals surface area contributed by atoms with Crippen LogP contribution in [-0.4, -0.2) is 39.3 Å². The fourth-order valence-corrected chi connectivity index (χ4v) is 2.05. The van der Waals surface area contributed by atoms with Crippen LogP contribution in [-0.2, 0) is 14.3 Å². The highest BCUT2D eigenvalue weighted by Crippen LogP contribution is 2.25. The first-order chi connectivity index (χ1) is 11.0. The number of aliphatic carboxylic acids is 1. The predicted octanol–water partition coefficient (Wildman–Crippen LogP) is 1.26. The number of aryl methyl sites for hydroxylation is 1. The lowest BCUT2D eigenvalue weighted by Crippen LogP contribution is -2.29. The molecule has 8 heteroatoms. The number of carboxylic acids is 1. The second-order valence-electron chi connectivity index (χ2n) is 4.86. The average molecular weight is 314 g/mol. The van der Waals surface area contributed by atoms with Gasteiger partial charge >= 0.3 is 11.9 Å². The van der Waals surface area contributed by atoms with E-state index < -0.39 is 23.8 Å². The molecule has 0 saturated heterocycles. The molecule has 2 rings (SSSR count). The average Bonchev–Trinajstić information content (AvgIpc) is 3.01. The number of hydrogen-bond acceptors (Lipinski definition) is 6. The molecule has 1 aromatic heterocycles. The predicted molar refractivity (Wildman–Crippen MR) is 78.1 cm³/mol. The Balaban J connectivity index is 2.39. The SMILES string of the molecule is COC(=O)C(C#N)C(C(=O)O)c1nc(-c2ccc(C)cc2)n[nH]1. The number of methoxy groups -OCH3 is 1. The van der Waals surface area contributed by atoms with Gasteiger partial charge < -0.3 is 9.84 Å². The molecule has 23 heavy (non-hydrogen) atoms. The summed E-state index contributed by atoms with van der Waals surface area (Å²) in [6.07, 6.45) is 0. The van der Waals surface area contributed by atoms with Gasteiger partial charge in [0.15, 0.2) is 11.7 Å². The molecule has 0 aliphatic rings. The molecule has 0 aliphatic carbocycles. The number of nitrogens with zero attached hydrogens (tertiary/aromatic N) is 3. The monoisotopic (exact) mass is 314 g/mol. The Labute approximate surface area is 131 Å². The fraction of sp³-hybridized carbons (Fsp3) is 0.267. The molecule has 0 bridgehead atoms. The largest absolute Gasteiger partial charge is 0.481 e. The van der Waals surface area contributed by atoms with Gasteiger partial charge in [-0.15, -0.1) is 0 Å². The lowest BCUT2D eigenvalue weighted by atomic mass is 9.93. The summed E-state index contributed by atoms with van der Waals surface area (Å²) in [4.78, 5) is 27.2. The number of carboxylic acid groups (broad SMARTS) is 1. The second-order valence-corrected chi connectivity index (χ2v) is 4.86. The Morgan fingerprint density at radius 2 is 2.00 bits per heavy atom. The number of aromatic amines is 1. The molecule has 2 atom stereocenters. The molecule has 8 nitrogen and oxygen atoms in total. The van der Waals surface area contributed by atoms with E-state index in [2.05, 4.69) is 19.9 Å². The molecule has 0 spiro atoms. The number of nitriles is 1. The zero-order valence-corrected chi connectivity index (χ0v) is 12.5. The number of benzene rings is 1. The van der Waals surface area contributed by atoms with Crippen LogP contribution < -0.4 is 0 Å². The summed E-state index contributed by atoms with van der Waals surface area (Å²) in [6, 6.07) is 8.96. The Hall–Kier alpha value is -3.21. The van der Waals surface area contributed by atoms with Crippen molar-refractivity contribution < 1.29 is 19.4 Å².